The van der Waals surface area contributed by atoms with Crippen LogP contribution >= 0.6 is 0 Å². The van der Waals surface area contributed by atoms with E-state index >= 15 is 0 Å². The highest BCUT2D eigenvalue weighted by Crippen LogP contribution is 2.15. The minimum Gasteiger partial charge on any atom is -0.432 e. The molecule has 0 aliphatic carbocycles. The molecule has 0 saturated heterocycles. The largest absolute Gasteiger partial charge is 0.432 e. The zero-order valence-electron chi connectivity index (χ0n) is 7.34. The zero-order chi connectivity index (χ0) is 10.7. The first-order valence-corrected chi connectivity index (χ1v) is 3.66. The van der Waals surface area contributed by atoms with Gasteiger partial charge < -0.3 is 20.0 Å². The summed E-state index contributed by atoms with van der Waals surface area (Å²) in [6.07, 6.45) is 0. The highest BCUT2D eigenvalue weighted by molar-refractivity contribution is 5.88. The Balaban J connectivity index is 3.00. The molecule has 7 nitrogen and oxygen atoms in total. The lowest BCUT2D eigenvalue weighted by atomic mass is 10.4. The number of esters is 1. The Kier molecular flexibility index (Phi) is 2.82. The van der Waals surface area contributed by atoms with Gasteiger partial charge in [-0.2, -0.15) is 0 Å². The third-order valence-corrected chi connectivity index (χ3v) is 1.69. The van der Waals surface area contributed by atoms with Gasteiger partial charge in [-0.05, 0) is 4.92 Å². The Hall–Kier alpha value is -1.89. The first-order chi connectivity index (χ1) is 6.57. The number of rotatable bonds is 3. The number of hydrogen-bond acceptors (Lipinski definition) is 5. The number of aliphatic hydroxyl groups is 1. The number of carbonyl (C=O) groups is 1. The maximum Gasteiger partial charge on any atom is 0.380 e. The third-order valence-electron chi connectivity index (χ3n) is 1.69. The van der Waals surface area contributed by atoms with E-state index in [0.717, 1.165) is 4.57 Å². The first kappa shape index (κ1) is 10.2. The van der Waals surface area contributed by atoms with Gasteiger partial charge in [0.15, 0.2) is 6.79 Å². The molecule has 7 heteroatoms. The van der Waals surface area contributed by atoms with Crippen molar-refractivity contribution in [2.75, 3.05) is 6.79 Å². The maximum absolute atomic E-state index is 11.1. The lowest BCUT2D eigenvalue weighted by Crippen LogP contribution is -2.11. The molecule has 0 amide bonds. The van der Waals surface area contributed by atoms with E-state index in [2.05, 4.69) is 4.74 Å². The summed E-state index contributed by atoms with van der Waals surface area (Å²) in [5, 5.41) is 18.7. The second kappa shape index (κ2) is 3.88. The monoisotopic (exact) mass is 200 g/mol. The summed E-state index contributed by atoms with van der Waals surface area (Å²) in [6.45, 7) is -0.752. The molecule has 0 aromatic carbocycles. The van der Waals surface area contributed by atoms with Crippen LogP contribution in [0.1, 0.15) is 10.5 Å². The number of aromatic nitrogens is 1. The summed E-state index contributed by atoms with van der Waals surface area (Å²) >= 11 is 0. The second-order valence-electron chi connectivity index (χ2n) is 2.45. The average molecular weight is 200 g/mol. The fourth-order valence-corrected chi connectivity index (χ4v) is 1.02. The summed E-state index contributed by atoms with van der Waals surface area (Å²) in [4.78, 5) is 20.9. The van der Waals surface area contributed by atoms with E-state index in [0.29, 0.717) is 0 Å². The van der Waals surface area contributed by atoms with E-state index in [1.54, 1.807) is 0 Å². The molecule has 0 atom stereocenters. The summed E-state index contributed by atoms with van der Waals surface area (Å²) < 4.78 is 5.36. The van der Waals surface area contributed by atoms with Crippen molar-refractivity contribution >= 4 is 11.8 Å². The molecule has 0 aliphatic rings. The Morgan fingerprint density at radius 2 is 2.36 bits per heavy atom. The molecule has 0 unspecified atom stereocenters. The normalized spacial score (nSPS) is 9.86. The Morgan fingerprint density at radius 3 is 2.79 bits per heavy atom. The zero-order valence-corrected chi connectivity index (χ0v) is 7.34. The van der Waals surface area contributed by atoms with Crippen LogP contribution in [-0.2, 0) is 11.8 Å². The van der Waals surface area contributed by atoms with Gasteiger partial charge in [0.2, 0.25) is 5.69 Å². The van der Waals surface area contributed by atoms with Crippen LogP contribution in [0.4, 0.5) is 5.82 Å². The van der Waals surface area contributed by atoms with Crippen molar-refractivity contribution in [3.05, 3.63) is 27.9 Å². The molecular weight excluding hydrogens is 192 g/mol. The quantitative estimate of drug-likeness (QED) is 0.321. The van der Waals surface area contributed by atoms with E-state index < -0.39 is 17.7 Å². The number of nitro groups is 1. The minimum absolute atomic E-state index is 0.0192. The molecular formula is C7H8N2O5. The van der Waals surface area contributed by atoms with Crippen molar-refractivity contribution in [2.45, 2.75) is 0 Å². The Bertz CT molecular complexity index is 370. The van der Waals surface area contributed by atoms with Gasteiger partial charge >= 0.3 is 11.8 Å². The lowest BCUT2D eigenvalue weighted by molar-refractivity contribution is -0.391. The molecule has 0 bridgehead atoms. The topological polar surface area (TPSA) is 94.6 Å². The molecule has 0 saturated carbocycles. The highest BCUT2D eigenvalue weighted by atomic mass is 16.6. The molecule has 0 spiro atoms. The van der Waals surface area contributed by atoms with E-state index in [9.17, 15) is 14.9 Å². The van der Waals surface area contributed by atoms with Crippen molar-refractivity contribution in [2.24, 2.45) is 7.05 Å². The minimum atomic E-state index is -0.803. The fraction of sp³-hybridized carbons (Fsp3) is 0.286. The molecule has 1 heterocycles. The van der Waals surface area contributed by atoms with Crippen LogP contribution in [0.3, 0.4) is 0 Å². The maximum atomic E-state index is 11.1. The molecule has 1 rings (SSSR count). The molecule has 76 valence electrons. The van der Waals surface area contributed by atoms with Gasteiger partial charge in [-0.3, -0.25) is 0 Å². The highest BCUT2D eigenvalue weighted by Gasteiger charge is 2.21. The number of carbonyl (C=O) groups excluding carboxylic acids is 1. The van der Waals surface area contributed by atoms with Crippen molar-refractivity contribution in [3.8, 4) is 0 Å². The SMILES string of the molecule is Cn1c(C(=O)OCO)ccc1[N+](=O)[O-]. The molecule has 0 aliphatic heterocycles. The average Bonchev–Trinajstić information content (AvgIpc) is 2.47. The molecule has 0 fully saturated rings. The molecule has 1 aromatic heterocycles. The van der Waals surface area contributed by atoms with Crippen LogP contribution in [0.15, 0.2) is 12.1 Å². The molecule has 14 heavy (non-hydrogen) atoms. The third kappa shape index (κ3) is 1.72. The van der Waals surface area contributed by atoms with E-state index in [4.69, 9.17) is 5.11 Å². The fourth-order valence-electron chi connectivity index (χ4n) is 1.02. The van der Waals surface area contributed by atoms with Gasteiger partial charge in [0.05, 0.1) is 7.05 Å². The van der Waals surface area contributed by atoms with Crippen LogP contribution in [0.5, 0.6) is 0 Å². The van der Waals surface area contributed by atoms with Gasteiger partial charge in [-0.15, -0.1) is 0 Å². The summed E-state index contributed by atoms with van der Waals surface area (Å²) in [5.74, 6) is -1.02. The Labute approximate surface area is 78.7 Å². The summed E-state index contributed by atoms with van der Waals surface area (Å²) in [7, 11) is 1.37. The second-order valence-corrected chi connectivity index (χ2v) is 2.45. The Morgan fingerprint density at radius 1 is 1.71 bits per heavy atom. The van der Waals surface area contributed by atoms with Crippen molar-refractivity contribution < 1.29 is 19.6 Å². The van der Waals surface area contributed by atoms with Crippen LogP contribution in [-0.4, -0.2) is 27.4 Å². The van der Waals surface area contributed by atoms with Crippen LogP contribution in [0.25, 0.3) is 0 Å². The smallest absolute Gasteiger partial charge is 0.380 e. The van der Waals surface area contributed by atoms with Gasteiger partial charge in [-0.1, -0.05) is 0 Å². The predicted octanol–water partition coefficient (Wildman–Crippen LogP) is 0.0399. The van der Waals surface area contributed by atoms with Crippen LogP contribution in [0.2, 0.25) is 0 Å². The van der Waals surface area contributed by atoms with Crippen LogP contribution in [0, 0.1) is 10.1 Å². The lowest BCUT2D eigenvalue weighted by Gasteiger charge is -1.99. The summed E-state index contributed by atoms with van der Waals surface area (Å²) in [6, 6.07) is 2.45. The van der Waals surface area contributed by atoms with Crippen LogP contribution < -0.4 is 0 Å². The van der Waals surface area contributed by atoms with E-state index in [1.165, 1.54) is 19.2 Å². The number of hydrogen-bond donors (Lipinski definition) is 1. The number of aliphatic hydroxyl groups excluding tert-OH is 1. The molecule has 0 radical (unpaired) electrons. The van der Waals surface area contributed by atoms with Crippen molar-refractivity contribution in [1.29, 1.82) is 0 Å². The van der Waals surface area contributed by atoms with Crippen molar-refractivity contribution in [1.82, 2.24) is 4.57 Å². The van der Waals surface area contributed by atoms with Crippen molar-refractivity contribution in [3.63, 3.8) is 0 Å². The number of nitrogens with zero attached hydrogens (tertiary/aromatic N) is 2. The van der Waals surface area contributed by atoms with Gasteiger partial charge in [-0.25, -0.2) is 9.36 Å². The van der Waals surface area contributed by atoms with E-state index in [-0.39, 0.29) is 11.5 Å². The standard InChI is InChI=1S/C7H8N2O5/c1-8-5(7(11)14-4-10)2-3-6(8)9(12)13/h2-3,10H,4H2,1H3. The summed E-state index contributed by atoms with van der Waals surface area (Å²) in [5.41, 5.74) is 0.0192. The molecule has 1 aromatic rings. The molecule has 1 N–H and O–H groups in total. The van der Waals surface area contributed by atoms with Gasteiger partial charge in [0, 0.05) is 12.1 Å². The first-order valence-electron chi connectivity index (χ1n) is 3.66. The van der Waals surface area contributed by atoms with Gasteiger partial charge in [0.25, 0.3) is 0 Å². The van der Waals surface area contributed by atoms with Gasteiger partial charge in [0.1, 0.15) is 0 Å². The van der Waals surface area contributed by atoms with E-state index in [1.807, 2.05) is 0 Å². The number of ether oxygens (including phenoxy) is 1. The predicted molar refractivity (Wildman–Crippen MR) is 44.6 cm³/mol.